The van der Waals surface area contributed by atoms with Gasteiger partial charge >= 0.3 is 0 Å². The van der Waals surface area contributed by atoms with Gasteiger partial charge in [0.25, 0.3) is 5.91 Å². The number of fused-ring (bicyclic) bond motifs is 1. The number of phenolic OH excluding ortho intramolecular Hbond substituents is 1. The van der Waals surface area contributed by atoms with Gasteiger partial charge in [-0.2, -0.15) is 0 Å². The van der Waals surface area contributed by atoms with Crippen molar-refractivity contribution in [1.29, 1.82) is 0 Å². The number of hydrogen-bond acceptors (Lipinski definition) is 3. The van der Waals surface area contributed by atoms with Crippen LogP contribution in [-0.4, -0.2) is 17.6 Å². The highest BCUT2D eigenvalue weighted by Crippen LogP contribution is 2.37. The lowest BCUT2D eigenvalue weighted by Crippen LogP contribution is -2.16. The fourth-order valence-electron chi connectivity index (χ4n) is 3.96. The van der Waals surface area contributed by atoms with Crippen molar-refractivity contribution in [2.24, 2.45) is 5.92 Å². The number of aromatic hydroxyl groups is 1. The third-order valence-corrected chi connectivity index (χ3v) is 6.16. The number of amides is 1. The highest BCUT2D eigenvalue weighted by molar-refractivity contribution is 6.36. The lowest BCUT2D eigenvalue weighted by atomic mass is 9.90. The first-order chi connectivity index (χ1) is 14.5. The van der Waals surface area contributed by atoms with Gasteiger partial charge in [0.15, 0.2) is 0 Å². The van der Waals surface area contributed by atoms with E-state index in [0.717, 1.165) is 18.2 Å². The number of carbonyl (C=O) groups is 1. The van der Waals surface area contributed by atoms with Crippen molar-refractivity contribution in [1.82, 2.24) is 0 Å². The van der Waals surface area contributed by atoms with Gasteiger partial charge in [0.1, 0.15) is 11.5 Å². The van der Waals surface area contributed by atoms with Crippen LogP contribution < -0.4 is 10.1 Å². The maximum Gasteiger partial charge on any atom is 0.259 e. The van der Waals surface area contributed by atoms with Crippen molar-refractivity contribution in [3.8, 4) is 11.5 Å². The molecule has 0 spiro atoms. The number of ether oxygens (including phenoxy) is 1. The number of benzene rings is 3. The topological polar surface area (TPSA) is 58.6 Å². The number of nitrogens with one attached hydrogen (secondary N) is 1. The molecule has 0 aromatic heterocycles. The van der Waals surface area contributed by atoms with Crippen LogP contribution in [0.15, 0.2) is 48.5 Å². The van der Waals surface area contributed by atoms with Gasteiger partial charge in [0, 0.05) is 15.8 Å². The zero-order valence-corrected chi connectivity index (χ0v) is 18.0. The van der Waals surface area contributed by atoms with E-state index in [1.54, 1.807) is 30.3 Å². The first-order valence-electron chi connectivity index (χ1n) is 10.2. The van der Waals surface area contributed by atoms with Crippen molar-refractivity contribution in [3.05, 3.63) is 64.1 Å². The Morgan fingerprint density at radius 3 is 2.53 bits per heavy atom. The Balaban J connectivity index is 1.66. The predicted molar refractivity (Wildman–Crippen MR) is 122 cm³/mol. The third kappa shape index (κ3) is 4.50. The van der Waals surface area contributed by atoms with Gasteiger partial charge in [-0.25, -0.2) is 0 Å². The van der Waals surface area contributed by atoms with Crippen molar-refractivity contribution in [2.75, 3.05) is 11.9 Å². The SMILES string of the molecule is O=C(Nc1cc(Cl)ccc1Cl)c1cc(OCC2CCCCC2)c2ccccc2c1O. The van der Waals surface area contributed by atoms with Gasteiger partial charge in [-0.1, -0.05) is 66.7 Å². The summed E-state index contributed by atoms with van der Waals surface area (Å²) in [6.07, 6.45) is 6.08. The van der Waals surface area contributed by atoms with Crippen LogP contribution in [0.4, 0.5) is 5.69 Å². The van der Waals surface area contributed by atoms with Crippen molar-refractivity contribution >= 4 is 45.6 Å². The fraction of sp³-hybridized carbons (Fsp3) is 0.292. The normalized spacial score (nSPS) is 14.6. The van der Waals surface area contributed by atoms with Crippen LogP contribution in [0, 0.1) is 5.92 Å². The minimum absolute atomic E-state index is 0.0914. The smallest absolute Gasteiger partial charge is 0.259 e. The van der Waals surface area contributed by atoms with Gasteiger partial charge < -0.3 is 15.2 Å². The molecule has 0 radical (unpaired) electrons. The quantitative estimate of drug-likeness (QED) is 0.443. The number of hydrogen-bond donors (Lipinski definition) is 2. The molecule has 0 heterocycles. The third-order valence-electron chi connectivity index (χ3n) is 5.60. The standard InChI is InChI=1S/C24H23Cl2NO3/c25-16-10-11-20(26)21(12-16)27-24(29)19-13-22(30-14-15-6-2-1-3-7-15)17-8-4-5-9-18(17)23(19)28/h4-5,8-13,15,28H,1-3,6-7,14H2,(H,27,29). The van der Waals surface area contributed by atoms with Crippen LogP contribution in [0.1, 0.15) is 42.5 Å². The van der Waals surface area contributed by atoms with E-state index < -0.39 is 5.91 Å². The van der Waals surface area contributed by atoms with Gasteiger partial charge in [0.2, 0.25) is 0 Å². The summed E-state index contributed by atoms with van der Waals surface area (Å²) in [5.74, 6) is 0.543. The first-order valence-corrected chi connectivity index (χ1v) is 10.9. The van der Waals surface area contributed by atoms with Crippen LogP contribution in [0.25, 0.3) is 10.8 Å². The lowest BCUT2D eigenvalue weighted by Gasteiger charge is -2.22. The molecule has 2 N–H and O–H groups in total. The largest absolute Gasteiger partial charge is 0.506 e. The van der Waals surface area contributed by atoms with Crippen molar-refractivity contribution in [3.63, 3.8) is 0 Å². The molecule has 0 unspecified atom stereocenters. The average molecular weight is 444 g/mol. The summed E-state index contributed by atoms with van der Waals surface area (Å²) >= 11 is 12.2. The monoisotopic (exact) mass is 443 g/mol. The maximum absolute atomic E-state index is 13.0. The fourth-order valence-corrected chi connectivity index (χ4v) is 4.30. The van der Waals surface area contributed by atoms with Crippen LogP contribution in [-0.2, 0) is 0 Å². The van der Waals surface area contributed by atoms with Crippen LogP contribution in [0.2, 0.25) is 10.0 Å². The molecule has 1 aliphatic rings. The van der Waals surface area contributed by atoms with Crippen molar-refractivity contribution in [2.45, 2.75) is 32.1 Å². The molecule has 0 saturated heterocycles. The Kier molecular flexibility index (Phi) is 6.35. The van der Waals surface area contributed by atoms with E-state index in [-0.39, 0.29) is 11.3 Å². The molecule has 1 amide bonds. The van der Waals surface area contributed by atoms with Gasteiger partial charge in [-0.3, -0.25) is 4.79 Å². The van der Waals surface area contributed by atoms with E-state index in [9.17, 15) is 9.90 Å². The van der Waals surface area contributed by atoms with E-state index in [0.29, 0.717) is 39.4 Å². The second-order valence-corrected chi connectivity index (χ2v) is 8.55. The minimum Gasteiger partial charge on any atom is -0.506 e. The summed E-state index contributed by atoms with van der Waals surface area (Å²) in [5, 5.41) is 15.7. The molecule has 0 bridgehead atoms. The van der Waals surface area contributed by atoms with Crippen molar-refractivity contribution < 1.29 is 14.6 Å². The molecule has 3 aromatic carbocycles. The zero-order valence-electron chi connectivity index (χ0n) is 16.5. The van der Waals surface area contributed by atoms with Gasteiger partial charge in [-0.05, 0) is 43.0 Å². The van der Waals surface area contributed by atoms with E-state index in [2.05, 4.69) is 5.32 Å². The van der Waals surface area contributed by atoms with Gasteiger partial charge in [-0.15, -0.1) is 0 Å². The number of phenols is 1. The summed E-state index contributed by atoms with van der Waals surface area (Å²) in [7, 11) is 0. The molecule has 1 saturated carbocycles. The molecule has 0 atom stereocenters. The second kappa shape index (κ2) is 9.15. The molecule has 1 aliphatic carbocycles. The Morgan fingerprint density at radius 1 is 1.03 bits per heavy atom. The van der Waals surface area contributed by atoms with E-state index in [4.69, 9.17) is 27.9 Å². The zero-order chi connectivity index (χ0) is 21.1. The predicted octanol–water partition coefficient (Wildman–Crippen LogP) is 7.06. The summed E-state index contributed by atoms with van der Waals surface area (Å²) in [6, 6.07) is 13.8. The summed E-state index contributed by atoms with van der Waals surface area (Å²) < 4.78 is 6.16. The highest BCUT2D eigenvalue weighted by atomic mass is 35.5. The average Bonchev–Trinajstić information content (AvgIpc) is 2.76. The van der Waals surface area contributed by atoms with E-state index >= 15 is 0 Å². The Bertz CT molecular complexity index is 1080. The molecule has 4 nitrogen and oxygen atoms in total. The molecule has 30 heavy (non-hydrogen) atoms. The molecule has 3 aromatic rings. The number of carbonyl (C=O) groups excluding carboxylic acids is 1. The Hall–Kier alpha value is -2.43. The lowest BCUT2D eigenvalue weighted by molar-refractivity contribution is 0.102. The number of anilines is 1. The van der Waals surface area contributed by atoms with Crippen LogP contribution >= 0.6 is 23.2 Å². The summed E-state index contributed by atoms with van der Waals surface area (Å²) in [4.78, 5) is 13.0. The molecular formula is C24H23Cl2NO3. The van der Waals surface area contributed by atoms with Gasteiger partial charge in [0.05, 0.1) is 22.9 Å². The minimum atomic E-state index is -0.482. The maximum atomic E-state index is 13.0. The molecule has 6 heteroatoms. The Labute approximate surface area is 185 Å². The molecule has 4 rings (SSSR count). The molecule has 156 valence electrons. The number of halogens is 2. The molecule has 1 fully saturated rings. The van der Waals surface area contributed by atoms with E-state index in [1.807, 2.05) is 18.2 Å². The number of rotatable bonds is 5. The summed E-state index contributed by atoms with van der Waals surface area (Å²) in [6.45, 7) is 0.607. The van der Waals surface area contributed by atoms with Crippen LogP contribution in [0.5, 0.6) is 11.5 Å². The second-order valence-electron chi connectivity index (χ2n) is 7.71. The van der Waals surface area contributed by atoms with E-state index in [1.165, 1.54) is 19.3 Å². The summed E-state index contributed by atoms with van der Waals surface area (Å²) in [5.41, 5.74) is 0.509. The molecular weight excluding hydrogens is 421 g/mol. The first kappa shape index (κ1) is 20.8. The molecule has 0 aliphatic heterocycles. The van der Waals surface area contributed by atoms with Crippen LogP contribution in [0.3, 0.4) is 0 Å². The highest BCUT2D eigenvalue weighted by Gasteiger charge is 2.20. The Morgan fingerprint density at radius 2 is 1.77 bits per heavy atom.